The van der Waals surface area contributed by atoms with E-state index in [0.717, 1.165) is 24.6 Å². The molecule has 0 amide bonds. The van der Waals surface area contributed by atoms with Crippen LogP contribution in [0.5, 0.6) is 0 Å². The number of anilines is 1. The van der Waals surface area contributed by atoms with Gasteiger partial charge in [-0.1, -0.05) is 18.2 Å². The predicted octanol–water partition coefficient (Wildman–Crippen LogP) is 2.08. The van der Waals surface area contributed by atoms with Crippen LogP contribution >= 0.6 is 0 Å². The molecule has 3 nitrogen and oxygen atoms in total. The second kappa shape index (κ2) is 6.92. The van der Waals surface area contributed by atoms with Gasteiger partial charge in [0.1, 0.15) is 0 Å². The first-order valence-corrected chi connectivity index (χ1v) is 7.35. The number of likely N-dealkylation sites (tertiary alicyclic amines) is 1. The summed E-state index contributed by atoms with van der Waals surface area (Å²) in [5.41, 5.74) is 8.19. The smallest absolute Gasteiger partial charge is 0.0346 e. The largest absolute Gasteiger partial charge is 0.399 e. The number of benzene rings is 1. The van der Waals surface area contributed by atoms with Crippen molar-refractivity contribution in [2.75, 3.05) is 46.0 Å². The zero-order valence-electron chi connectivity index (χ0n) is 12.3. The summed E-state index contributed by atoms with van der Waals surface area (Å²) in [7, 11) is 4.46. The fourth-order valence-corrected chi connectivity index (χ4v) is 3.01. The monoisotopic (exact) mass is 261 g/mol. The van der Waals surface area contributed by atoms with Gasteiger partial charge in [-0.05, 0) is 64.0 Å². The second-order valence-corrected chi connectivity index (χ2v) is 5.98. The minimum atomic E-state index is 0.858. The lowest BCUT2D eigenvalue weighted by Gasteiger charge is -2.21. The molecule has 1 aromatic carbocycles. The van der Waals surface area contributed by atoms with E-state index in [9.17, 15) is 0 Å². The summed E-state index contributed by atoms with van der Waals surface area (Å²) in [5, 5.41) is 0. The normalized spacial score (nSPS) is 20.3. The maximum Gasteiger partial charge on any atom is 0.0346 e. The Morgan fingerprint density at radius 1 is 1.37 bits per heavy atom. The van der Waals surface area contributed by atoms with Crippen LogP contribution in [0.3, 0.4) is 0 Å². The number of nitrogen functional groups attached to an aromatic ring is 1. The Kier molecular flexibility index (Phi) is 5.23. The summed E-state index contributed by atoms with van der Waals surface area (Å²) in [4.78, 5) is 4.91. The van der Waals surface area contributed by atoms with Crippen molar-refractivity contribution >= 4 is 5.69 Å². The third-order valence-electron chi connectivity index (χ3n) is 4.10. The highest BCUT2D eigenvalue weighted by molar-refractivity contribution is 5.46. The van der Waals surface area contributed by atoms with E-state index in [-0.39, 0.29) is 0 Å². The molecule has 0 bridgehead atoms. The average molecular weight is 261 g/mol. The Labute approximate surface area is 117 Å². The second-order valence-electron chi connectivity index (χ2n) is 5.98. The van der Waals surface area contributed by atoms with E-state index in [1.165, 1.54) is 38.0 Å². The maximum absolute atomic E-state index is 5.97. The van der Waals surface area contributed by atoms with Crippen LogP contribution in [0.1, 0.15) is 18.4 Å². The van der Waals surface area contributed by atoms with E-state index < -0.39 is 0 Å². The Hall–Kier alpha value is -1.06. The van der Waals surface area contributed by atoms with Crippen LogP contribution in [0.2, 0.25) is 0 Å². The number of hydrogen-bond donors (Lipinski definition) is 1. The molecule has 1 aliphatic rings. The van der Waals surface area contributed by atoms with Crippen LogP contribution in [0.4, 0.5) is 5.69 Å². The van der Waals surface area contributed by atoms with E-state index in [2.05, 4.69) is 36.0 Å². The molecule has 1 aromatic rings. The molecular formula is C16H27N3. The number of nitrogens with zero attached hydrogens (tertiary/aromatic N) is 2. The van der Waals surface area contributed by atoms with E-state index >= 15 is 0 Å². The standard InChI is InChI=1S/C16H27N3/c1-18(12-14-9-11-19(2)13-14)10-5-7-15-6-3-4-8-16(15)17/h3-4,6,8,14H,5,7,9-13,17H2,1-2H3. The summed E-state index contributed by atoms with van der Waals surface area (Å²) < 4.78 is 0. The summed E-state index contributed by atoms with van der Waals surface area (Å²) in [6.45, 7) is 4.91. The molecule has 1 heterocycles. The molecule has 0 saturated carbocycles. The highest BCUT2D eigenvalue weighted by Crippen LogP contribution is 2.16. The van der Waals surface area contributed by atoms with Crippen LogP contribution in [0, 0.1) is 5.92 Å². The van der Waals surface area contributed by atoms with Gasteiger partial charge in [-0.2, -0.15) is 0 Å². The molecule has 1 unspecified atom stereocenters. The predicted molar refractivity (Wildman–Crippen MR) is 82.3 cm³/mol. The van der Waals surface area contributed by atoms with Crippen molar-refractivity contribution < 1.29 is 0 Å². The number of aryl methyl sites for hydroxylation is 1. The highest BCUT2D eigenvalue weighted by Gasteiger charge is 2.20. The molecule has 0 spiro atoms. The van der Waals surface area contributed by atoms with Crippen molar-refractivity contribution in [3.8, 4) is 0 Å². The average Bonchev–Trinajstić information content (AvgIpc) is 2.77. The summed E-state index contributed by atoms with van der Waals surface area (Å²) in [5.74, 6) is 0.858. The van der Waals surface area contributed by atoms with Crippen LogP contribution < -0.4 is 5.73 Å². The lowest BCUT2D eigenvalue weighted by molar-refractivity contribution is 0.271. The van der Waals surface area contributed by atoms with Crippen molar-refractivity contribution in [2.45, 2.75) is 19.3 Å². The molecule has 1 aliphatic heterocycles. The molecule has 1 saturated heterocycles. The van der Waals surface area contributed by atoms with Crippen molar-refractivity contribution in [2.24, 2.45) is 5.92 Å². The van der Waals surface area contributed by atoms with Gasteiger partial charge in [0.2, 0.25) is 0 Å². The van der Waals surface area contributed by atoms with Crippen LogP contribution in [0.15, 0.2) is 24.3 Å². The van der Waals surface area contributed by atoms with Crippen molar-refractivity contribution in [1.29, 1.82) is 0 Å². The minimum Gasteiger partial charge on any atom is -0.399 e. The third kappa shape index (κ3) is 4.51. The van der Waals surface area contributed by atoms with Crippen molar-refractivity contribution in [3.63, 3.8) is 0 Å². The molecule has 106 valence electrons. The zero-order valence-corrected chi connectivity index (χ0v) is 12.3. The SMILES string of the molecule is CN(CCCc1ccccc1N)CC1CCN(C)C1. The van der Waals surface area contributed by atoms with Gasteiger partial charge in [0.15, 0.2) is 0 Å². The number of para-hydroxylation sites is 1. The Morgan fingerprint density at radius 3 is 2.84 bits per heavy atom. The molecule has 2 N–H and O–H groups in total. The van der Waals surface area contributed by atoms with Crippen molar-refractivity contribution in [3.05, 3.63) is 29.8 Å². The maximum atomic E-state index is 5.97. The van der Waals surface area contributed by atoms with Crippen molar-refractivity contribution in [1.82, 2.24) is 9.80 Å². The molecule has 1 fully saturated rings. The van der Waals surface area contributed by atoms with E-state index in [1.807, 2.05) is 12.1 Å². The highest BCUT2D eigenvalue weighted by atomic mass is 15.1. The number of hydrogen-bond acceptors (Lipinski definition) is 3. The summed E-state index contributed by atoms with van der Waals surface area (Å²) in [6.07, 6.45) is 3.63. The van der Waals surface area contributed by atoms with Gasteiger partial charge in [-0.15, -0.1) is 0 Å². The van der Waals surface area contributed by atoms with Gasteiger partial charge in [0, 0.05) is 18.8 Å². The van der Waals surface area contributed by atoms with Crippen LogP contribution in [-0.4, -0.2) is 50.1 Å². The minimum absolute atomic E-state index is 0.858. The fourth-order valence-electron chi connectivity index (χ4n) is 3.01. The third-order valence-corrected chi connectivity index (χ3v) is 4.10. The quantitative estimate of drug-likeness (QED) is 0.796. The first-order chi connectivity index (χ1) is 9.15. The molecule has 3 heteroatoms. The van der Waals surface area contributed by atoms with Gasteiger partial charge in [-0.3, -0.25) is 0 Å². The molecule has 0 radical (unpaired) electrons. The van der Waals surface area contributed by atoms with Gasteiger partial charge < -0.3 is 15.5 Å². The van der Waals surface area contributed by atoms with Gasteiger partial charge in [-0.25, -0.2) is 0 Å². The molecule has 1 atom stereocenters. The number of nitrogens with two attached hydrogens (primary N) is 1. The Balaban J connectivity index is 1.66. The Morgan fingerprint density at radius 2 is 2.16 bits per heavy atom. The van der Waals surface area contributed by atoms with Crippen LogP contribution in [-0.2, 0) is 6.42 Å². The lowest BCUT2D eigenvalue weighted by Crippen LogP contribution is -2.28. The molecule has 19 heavy (non-hydrogen) atoms. The first-order valence-electron chi connectivity index (χ1n) is 7.35. The molecule has 0 aliphatic carbocycles. The van der Waals surface area contributed by atoms with Crippen LogP contribution in [0.25, 0.3) is 0 Å². The topological polar surface area (TPSA) is 32.5 Å². The van der Waals surface area contributed by atoms with Gasteiger partial charge in [0.25, 0.3) is 0 Å². The van der Waals surface area contributed by atoms with E-state index in [1.54, 1.807) is 0 Å². The summed E-state index contributed by atoms with van der Waals surface area (Å²) in [6, 6.07) is 8.21. The van der Waals surface area contributed by atoms with Gasteiger partial charge in [0.05, 0.1) is 0 Å². The fraction of sp³-hybridized carbons (Fsp3) is 0.625. The first kappa shape index (κ1) is 14.4. The van der Waals surface area contributed by atoms with Gasteiger partial charge >= 0.3 is 0 Å². The zero-order chi connectivity index (χ0) is 13.7. The summed E-state index contributed by atoms with van der Waals surface area (Å²) >= 11 is 0. The van der Waals surface area contributed by atoms with E-state index in [0.29, 0.717) is 0 Å². The molecule has 2 rings (SSSR count). The Bertz CT molecular complexity index is 391. The lowest BCUT2D eigenvalue weighted by atomic mass is 10.1. The molecule has 0 aromatic heterocycles. The number of rotatable bonds is 6. The molecular weight excluding hydrogens is 234 g/mol. The van der Waals surface area contributed by atoms with E-state index in [4.69, 9.17) is 5.73 Å².